The van der Waals surface area contributed by atoms with Crippen LogP contribution < -0.4 is 4.90 Å². The number of hydrogen-bond acceptors (Lipinski definition) is 4. The van der Waals surface area contributed by atoms with E-state index in [1.165, 1.54) is 34.0 Å². The molecule has 0 bridgehead atoms. The Morgan fingerprint density at radius 2 is 1.72 bits per heavy atom. The molecule has 1 heterocycles. The van der Waals surface area contributed by atoms with Gasteiger partial charge in [0.15, 0.2) is 0 Å². The van der Waals surface area contributed by atoms with Gasteiger partial charge in [-0.2, -0.15) is 0 Å². The first kappa shape index (κ1) is 26.2. The molecular formula is C31H41N3O2. The first-order valence-electron chi connectivity index (χ1n) is 13.4. The normalized spacial score (nSPS) is 16.1. The van der Waals surface area contributed by atoms with E-state index in [0.717, 1.165) is 58.4 Å². The number of carbonyl (C=O) groups is 1. The number of fused-ring (bicyclic) bond motifs is 1. The van der Waals surface area contributed by atoms with E-state index in [4.69, 9.17) is 5.11 Å². The Kier molecular flexibility index (Phi) is 9.37. The Morgan fingerprint density at radius 3 is 2.50 bits per heavy atom. The molecule has 1 atom stereocenters. The Hall–Kier alpha value is -2.89. The highest BCUT2D eigenvalue weighted by Gasteiger charge is 2.27. The van der Waals surface area contributed by atoms with Crippen LogP contribution >= 0.6 is 0 Å². The molecule has 1 unspecified atom stereocenters. The number of hydrogen-bond donors (Lipinski definition) is 1. The van der Waals surface area contributed by atoms with E-state index in [9.17, 15) is 4.79 Å². The molecule has 0 saturated carbocycles. The molecular weight excluding hydrogens is 446 g/mol. The van der Waals surface area contributed by atoms with Crippen LogP contribution in [-0.2, 0) is 17.8 Å². The molecule has 5 heteroatoms. The van der Waals surface area contributed by atoms with Gasteiger partial charge in [-0.15, -0.1) is 0 Å². The number of carboxylic acids is 1. The van der Waals surface area contributed by atoms with E-state index in [1.807, 2.05) is 0 Å². The SMILES string of the molecule is CN(C)c1ccc(CN2CCC(N(CCCCCC(=O)O)CCc3cccc4ccccc34)C2)cc1. The Bertz CT molecular complexity index is 1110. The minimum atomic E-state index is -0.687. The summed E-state index contributed by atoms with van der Waals surface area (Å²) in [5.41, 5.74) is 4.03. The first-order chi connectivity index (χ1) is 17.5. The third-order valence-corrected chi connectivity index (χ3v) is 7.51. The smallest absolute Gasteiger partial charge is 0.303 e. The zero-order valence-corrected chi connectivity index (χ0v) is 21.9. The van der Waals surface area contributed by atoms with Crippen LogP contribution in [0.15, 0.2) is 66.7 Å². The van der Waals surface area contributed by atoms with Crippen molar-refractivity contribution in [3.63, 3.8) is 0 Å². The lowest BCUT2D eigenvalue weighted by Gasteiger charge is -2.29. The van der Waals surface area contributed by atoms with Crippen molar-refractivity contribution in [3.8, 4) is 0 Å². The number of likely N-dealkylation sites (tertiary alicyclic amines) is 1. The second-order valence-electron chi connectivity index (χ2n) is 10.4. The predicted molar refractivity (Wildman–Crippen MR) is 150 cm³/mol. The Balaban J connectivity index is 1.37. The average molecular weight is 488 g/mol. The number of benzene rings is 3. The van der Waals surface area contributed by atoms with Crippen LogP contribution in [0, 0.1) is 0 Å². The maximum atomic E-state index is 10.9. The molecule has 1 saturated heterocycles. The summed E-state index contributed by atoms with van der Waals surface area (Å²) in [6.45, 7) is 5.31. The van der Waals surface area contributed by atoms with E-state index in [1.54, 1.807) is 0 Å². The minimum absolute atomic E-state index is 0.278. The van der Waals surface area contributed by atoms with E-state index in [2.05, 4.69) is 95.5 Å². The number of nitrogens with zero attached hydrogens (tertiary/aromatic N) is 3. The predicted octanol–water partition coefficient (Wildman–Crippen LogP) is 5.67. The summed E-state index contributed by atoms with van der Waals surface area (Å²) in [4.78, 5) is 18.3. The molecule has 0 amide bonds. The highest BCUT2D eigenvalue weighted by molar-refractivity contribution is 5.85. The molecule has 5 nitrogen and oxygen atoms in total. The maximum Gasteiger partial charge on any atom is 0.303 e. The lowest BCUT2D eigenvalue weighted by atomic mass is 10.0. The van der Waals surface area contributed by atoms with Crippen LogP contribution in [0.3, 0.4) is 0 Å². The maximum absolute atomic E-state index is 10.9. The van der Waals surface area contributed by atoms with Crippen LogP contribution in [0.2, 0.25) is 0 Å². The summed E-state index contributed by atoms with van der Waals surface area (Å²) < 4.78 is 0. The topological polar surface area (TPSA) is 47.0 Å². The van der Waals surface area contributed by atoms with Gasteiger partial charge in [-0.3, -0.25) is 14.6 Å². The van der Waals surface area contributed by atoms with Crippen molar-refractivity contribution in [1.82, 2.24) is 9.80 Å². The molecule has 36 heavy (non-hydrogen) atoms. The third kappa shape index (κ3) is 7.31. The van der Waals surface area contributed by atoms with Crippen molar-refractivity contribution >= 4 is 22.4 Å². The monoisotopic (exact) mass is 487 g/mol. The van der Waals surface area contributed by atoms with Gasteiger partial charge in [0.25, 0.3) is 0 Å². The van der Waals surface area contributed by atoms with Gasteiger partial charge in [-0.1, -0.05) is 61.0 Å². The van der Waals surface area contributed by atoms with Crippen molar-refractivity contribution < 1.29 is 9.90 Å². The molecule has 4 rings (SSSR count). The summed E-state index contributed by atoms with van der Waals surface area (Å²) in [6, 6.07) is 24.8. The van der Waals surface area contributed by atoms with E-state index < -0.39 is 5.97 Å². The third-order valence-electron chi connectivity index (χ3n) is 7.51. The van der Waals surface area contributed by atoms with Crippen molar-refractivity contribution in [2.45, 2.75) is 51.1 Å². The number of rotatable bonds is 13. The summed E-state index contributed by atoms with van der Waals surface area (Å²) in [7, 11) is 4.16. The van der Waals surface area contributed by atoms with Crippen LogP contribution in [0.1, 0.15) is 43.2 Å². The number of carboxylic acid groups (broad SMARTS) is 1. The standard InChI is InChI=1S/C31H41N3O2/c1-32(2)28-16-14-25(15-17-28)23-33-21-19-29(24-33)34(20-7-3-4-13-31(35)36)22-18-27-11-8-10-26-9-5-6-12-30(26)27/h5-6,8-12,14-17,29H,3-4,7,13,18-24H2,1-2H3,(H,35,36). The van der Waals surface area contributed by atoms with E-state index in [-0.39, 0.29) is 6.42 Å². The van der Waals surface area contributed by atoms with Crippen LogP contribution in [0.4, 0.5) is 5.69 Å². The fourth-order valence-corrected chi connectivity index (χ4v) is 5.43. The molecule has 1 aliphatic rings. The van der Waals surface area contributed by atoms with Gasteiger partial charge in [0.1, 0.15) is 0 Å². The zero-order valence-electron chi connectivity index (χ0n) is 21.9. The Labute approximate surface area is 216 Å². The number of aliphatic carboxylic acids is 1. The number of unbranched alkanes of at least 4 members (excludes halogenated alkanes) is 2. The molecule has 1 fully saturated rings. The molecule has 0 aliphatic carbocycles. The molecule has 0 aromatic heterocycles. The fourth-order valence-electron chi connectivity index (χ4n) is 5.43. The first-order valence-corrected chi connectivity index (χ1v) is 13.4. The molecule has 192 valence electrons. The second kappa shape index (κ2) is 12.9. The fraction of sp³-hybridized carbons (Fsp3) is 0.452. The summed E-state index contributed by atoms with van der Waals surface area (Å²) in [6.07, 6.45) is 5.32. The quantitative estimate of drug-likeness (QED) is 0.315. The molecule has 3 aromatic carbocycles. The molecule has 0 spiro atoms. The van der Waals surface area contributed by atoms with Crippen LogP contribution in [0.5, 0.6) is 0 Å². The molecule has 0 radical (unpaired) electrons. The van der Waals surface area contributed by atoms with Crippen molar-refractivity contribution in [1.29, 1.82) is 0 Å². The van der Waals surface area contributed by atoms with Gasteiger partial charge in [-0.25, -0.2) is 0 Å². The van der Waals surface area contributed by atoms with E-state index >= 15 is 0 Å². The summed E-state index contributed by atoms with van der Waals surface area (Å²) >= 11 is 0. The average Bonchev–Trinajstić information content (AvgIpc) is 3.34. The molecule has 3 aromatic rings. The van der Waals surface area contributed by atoms with Gasteiger partial charge in [0, 0.05) is 58.4 Å². The molecule has 1 aliphatic heterocycles. The van der Waals surface area contributed by atoms with Crippen molar-refractivity contribution in [3.05, 3.63) is 77.9 Å². The van der Waals surface area contributed by atoms with Crippen molar-refractivity contribution in [2.24, 2.45) is 0 Å². The van der Waals surface area contributed by atoms with Gasteiger partial charge in [0.2, 0.25) is 0 Å². The van der Waals surface area contributed by atoms with Crippen molar-refractivity contribution in [2.75, 3.05) is 45.2 Å². The zero-order chi connectivity index (χ0) is 25.3. The second-order valence-corrected chi connectivity index (χ2v) is 10.4. The molecule has 1 N–H and O–H groups in total. The largest absolute Gasteiger partial charge is 0.481 e. The lowest BCUT2D eigenvalue weighted by molar-refractivity contribution is -0.137. The van der Waals surface area contributed by atoms with Crippen LogP contribution in [0.25, 0.3) is 10.8 Å². The van der Waals surface area contributed by atoms with E-state index in [0.29, 0.717) is 6.04 Å². The van der Waals surface area contributed by atoms with Crippen LogP contribution in [-0.4, -0.2) is 67.2 Å². The number of anilines is 1. The van der Waals surface area contributed by atoms with Gasteiger partial charge in [-0.05, 0) is 66.3 Å². The lowest BCUT2D eigenvalue weighted by Crippen LogP contribution is -2.39. The Morgan fingerprint density at radius 1 is 0.944 bits per heavy atom. The minimum Gasteiger partial charge on any atom is -0.481 e. The highest BCUT2D eigenvalue weighted by Crippen LogP contribution is 2.23. The highest BCUT2D eigenvalue weighted by atomic mass is 16.4. The van der Waals surface area contributed by atoms with Gasteiger partial charge < -0.3 is 10.0 Å². The van der Waals surface area contributed by atoms with Gasteiger partial charge in [0.05, 0.1) is 0 Å². The van der Waals surface area contributed by atoms with Gasteiger partial charge >= 0.3 is 5.97 Å². The summed E-state index contributed by atoms with van der Waals surface area (Å²) in [5.74, 6) is -0.687. The summed E-state index contributed by atoms with van der Waals surface area (Å²) in [5, 5.41) is 11.6.